The minimum Gasteiger partial charge on any atom is -0.489 e. The molecule has 0 saturated heterocycles. The van der Waals surface area contributed by atoms with Gasteiger partial charge in [-0.2, -0.15) is 5.26 Å². The monoisotopic (exact) mass is 338 g/mol. The Hall–Kier alpha value is -2.84. The molecule has 1 amide bonds. The van der Waals surface area contributed by atoms with E-state index >= 15 is 0 Å². The Kier molecular flexibility index (Phi) is 6.55. The zero-order chi connectivity index (χ0) is 18.2. The normalized spacial score (nSPS) is 11.4. The highest BCUT2D eigenvalue weighted by atomic mass is 16.5. The van der Waals surface area contributed by atoms with E-state index < -0.39 is 6.10 Å². The lowest BCUT2D eigenvalue weighted by Gasteiger charge is -2.18. The molecule has 1 N–H and O–H groups in total. The highest BCUT2D eigenvalue weighted by molar-refractivity contribution is 5.94. The first-order chi connectivity index (χ1) is 12.0. The van der Waals surface area contributed by atoms with E-state index in [9.17, 15) is 9.90 Å². The second kappa shape index (κ2) is 8.86. The third-order valence-electron chi connectivity index (χ3n) is 3.79. The molecule has 1 unspecified atom stereocenters. The molecule has 2 aromatic rings. The molecule has 25 heavy (non-hydrogen) atoms. The van der Waals surface area contributed by atoms with E-state index in [1.54, 1.807) is 49.2 Å². The largest absolute Gasteiger partial charge is 0.489 e. The maximum atomic E-state index is 12.4. The van der Waals surface area contributed by atoms with Crippen LogP contribution in [0.3, 0.4) is 0 Å². The van der Waals surface area contributed by atoms with E-state index in [0.29, 0.717) is 36.4 Å². The van der Waals surface area contributed by atoms with Gasteiger partial charge >= 0.3 is 0 Å². The third kappa shape index (κ3) is 5.63. The predicted molar refractivity (Wildman–Crippen MR) is 95.2 cm³/mol. The van der Waals surface area contributed by atoms with E-state index in [4.69, 9.17) is 10.00 Å². The van der Waals surface area contributed by atoms with E-state index in [0.717, 1.165) is 5.56 Å². The number of rotatable bonds is 7. The Balaban J connectivity index is 1.98. The van der Waals surface area contributed by atoms with E-state index in [1.165, 1.54) is 0 Å². The summed E-state index contributed by atoms with van der Waals surface area (Å²) in [6, 6.07) is 16.3. The average molecular weight is 338 g/mol. The summed E-state index contributed by atoms with van der Waals surface area (Å²) in [5.41, 5.74) is 2.06. The van der Waals surface area contributed by atoms with Gasteiger partial charge in [0.1, 0.15) is 12.4 Å². The summed E-state index contributed by atoms with van der Waals surface area (Å²) in [7, 11) is 1.73. The molecule has 5 heteroatoms. The molecule has 5 nitrogen and oxygen atoms in total. The maximum Gasteiger partial charge on any atom is 0.253 e. The van der Waals surface area contributed by atoms with Gasteiger partial charge in [-0.15, -0.1) is 0 Å². The van der Waals surface area contributed by atoms with Crippen LogP contribution >= 0.6 is 0 Å². The predicted octanol–water partition coefficient (Wildman–Crippen LogP) is 2.98. The minimum absolute atomic E-state index is 0.0825. The molecule has 0 saturated carbocycles. The van der Waals surface area contributed by atoms with E-state index in [1.807, 2.05) is 18.2 Å². The van der Waals surface area contributed by atoms with E-state index in [2.05, 4.69) is 6.07 Å². The smallest absolute Gasteiger partial charge is 0.253 e. The standard InChI is InChI=1S/C20H22N2O3/c1-15(23)10-11-22(2)20(24)18-5-3-4-17(12-18)14-25-19-8-6-16(13-21)7-9-19/h3-9,12,15,23H,10-11,14H2,1-2H3. The molecule has 0 heterocycles. The van der Waals surface area contributed by atoms with Gasteiger partial charge in [-0.05, 0) is 55.3 Å². The summed E-state index contributed by atoms with van der Waals surface area (Å²) < 4.78 is 5.70. The van der Waals surface area contributed by atoms with Crippen molar-refractivity contribution in [2.45, 2.75) is 26.1 Å². The molecule has 0 bridgehead atoms. The van der Waals surface area contributed by atoms with Gasteiger partial charge in [0.2, 0.25) is 0 Å². The van der Waals surface area contributed by atoms with Crippen molar-refractivity contribution in [3.05, 3.63) is 65.2 Å². The number of carbonyl (C=O) groups is 1. The Morgan fingerprint density at radius 2 is 2.00 bits per heavy atom. The van der Waals surface area contributed by atoms with Gasteiger partial charge in [0, 0.05) is 19.2 Å². The van der Waals surface area contributed by atoms with Crippen molar-refractivity contribution in [2.24, 2.45) is 0 Å². The lowest BCUT2D eigenvalue weighted by atomic mass is 10.1. The Morgan fingerprint density at radius 1 is 1.28 bits per heavy atom. The molecule has 0 aromatic heterocycles. The second-order valence-corrected chi connectivity index (χ2v) is 5.99. The number of benzene rings is 2. The summed E-state index contributed by atoms with van der Waals surface area (Å²) in [5, 5.41) is 18.1. The van der Waals surface area contributed by atoms with Gasteiger partial charge < -0.3 is 14.7 Å². The summed E-state index contributed by atoms with van der Waals surface area (Å²) in [6.07, 6.45) is 0.117. The van der Waals surface area contributed by atoms with Crippen molar-refractivity contribution in [3.8, 4) is 11.8 Å². The lowest BCUT2D eigenvalue weighted by molar-refractivity contribution is 0.0769. The number of carbonyl (C=O) groups excluding carboxylic acids is 1. The molecule has 1 atom stereocenters. The van der Waals surface area contributed by atoms with Crippen LogP contribution in [-0.4, -0.2) is 35.6 Å². The van der Waals surface area contributed by atoms with Crippen LogP contribution in [-0.2, 0) is 6.61 Å². The molecular formula is C20H22N2O3. The van der Waals surface area contributed by atoms with Crippen molar-refractivity contribution >= 4 is 5.91 Å². The first kappa shape index (κ1) is 18.5. The number of ether oxygens (including phenoxy) is 1. The van der Waals surface area contributed by atoms with Crippen molar-refractivity contribution < 1.29 is 14.6 Å². The highest BCUT2D eigenvalue weighted by Gasteiger charge is 2.12. The van der Waals surface area contributed by atoms with Crippen LogP contribution in [0.1, 0.15) is 34.8 Å². The van der Waals surface area contributed by atoms with Crippen LogP contribution < -0.4 is 4.74 Å². The Morgan fingerprint density at radius 3 is 2.64 bits per heavy atom. The number of hydrogen-bond acceptors (Lipinski definition) is 4. The Bertz CT molecular complexity index is 748. The molecule has 0 spiro atoms. The molecule has 0 aliphatic heterocycles. The van der Waals surface area contributed by atoms with Crippen LogP contribution in [0.4, 0.5) is 0 Å². The van der Waals surface area contributed by atoms with Crippen molar-refractivity contribution in [3.63, 3.8) is 0 Å². The molecule has 2 aromatic carbocycles. The van der Waals surface area contributed by atoms with Gasteiger partial charge in [0.15, 0.2) is 0 Å². The molecular weight excluding hydrogens is 316 g/mol. The number of nitrogens with zero attached hydrogens (tertiary/aromatic N) is 2. The summed E-state index contributed by atoms with van der Waals surface area (Å²) in [5.74, 6) is 0.589. The average Bonchev–Trinajstić information content (AvgIpc) is 2.64. The third-order valence-corrected chi connectivity index (χ3v) is 3.79. The number of nitriles is 1. The zero-order valence-corrected chi connectivity index (χ0v) is 14.5. The quantitative estimate of drug-likeness (QED) is 0.842. The number of aliphatic hydroxyl groups is 1. The molecule has 0 radical (unpaired) electrons. The van der Waals surface area contributed by atoms with Crippen LogP contribution in [0.5, 0.6) is 5.75 Å². The van der Waals surface area contributed by atoms with Crippen molar-refractivity contribution in [2.75, 3.05) is 13.6 Å². The molecule has 2 rings (SSSR count). The minimum atomic E-state index is -0.428. The number of amides is 1. The summed E-state index contributed by atoms with van der Waals surface area (Å²) in [4.78, 5) is 14.0. The van der Waals surface area contributed by atoms with Crippen LogP contribution in [0, 0.1) is 11.3 Å². The Labute approximate surface area is 148 Å². The van der Waals surface area contributed by atoms with Crippen LogP contribution in [0.15, 0.2) is 48.5 Å². The number of hydrogen-bond donors (Lipinski definition) is 1. The maximum absolute atomic E-state index is 12.4. The fourth-order valence-electron chi connectivity index (χ4n) is 2.29. The van der Waals surface area contributed by atoms with Gasteiger partial charge in [-0.25, -0.2) is 0 Å². The summed E-state index contributed by atoms with van der Waals surface area (Å²) in [6.45, 7) is 2.55. The fraction of sp³-hybridized carbons (Fsp3) is 0.300. The first-order valence-electron chi connectivity index (χ1n) is 8.15. The molecule has 130 valence electrons. The van der Waals surface area contributed by atoms with Gasteiger partial charge in [0.05, 0.1) is 17.7 Å². The molecule has 0 aliphatic carbocycles. The number of aliphatic hydroxyl groups excluding tert-OH is 1. The summed E-state index contributed by atoms with van der Waals surface area (Å²) >= 11 is 0. The molecule has 0 fully saturated rings. The van der Waals surface area contributed by atoms with Gasteiger partial charge in [-0.1, -0.05) is 12.1 Å². The SMILES string of the molecule is CC(O)CCN(C)C(=O)c1cccc(COc2ccc(C#N)cc2)c1. The van der Waals surface area contributed by atoms with Crippen LogP contribution in [0.2, 0.25) is 0 Å². The highest BCUT2D eigenvalue weighted by Crippen LogP contribution is 2.15. The van der Waals surface area contributed by atoms with E-state index in [-0.39, 0.29) is 5.91 Å². The second-order valence-electron chi connectivity index (χ2n) is 5.99. The van der Waals surface area contributed by atoms with Crippen molar-refractivity contribution in [1.82, 2.24) is 4.90 Å². The van der Waals surface area contributed by atoms with Gasteiger partial charge in [-0.3, -0.25) is 4.79 Å². The topological polar surface area (TPSA) is 73.6 Å². The van der Waals surface area contributed by atoms with Crippen molar-refractivity contribution in [1.29, 1.82) is 5.26 Å². The zero-order valence-electron chi connectivity index (χ0n) is 14.5. The van der Waals surface area contributed by atoms with Gasteiger partial charge in [0.25, 0.3) is 5.91 Å². The lowest BCUT2D eigenvalue weighted by Crippen LogP contribution is -2.29. The fourth-order valence-corrected chi connectivity index (χ4v) is 2.29. The van der Waals surface area contributed by atoms with Crippen LogP contribution in [0.25, 0.3) is 0 Å². The molecule has 0 aliphatic rings. The first-order valence-corrected chi connectivity index (χ1v) is 8.15.